The molecular weight excluding hydrogens is 468 g/mol. The van der Waals surface area contributed by atoms with Crippen LogP contribution in [0.2, 0.25) is 0 Å². The molecule has 2 aliphatic rings. The van der Waals surface area contributed by atoms with E-state index in [9.17, 15) is 19.2 Å². The van der Waals surface area contributed by atoms with E-state index < -0.39 is 17.6 Å². The number of hydrogen-bond donors (Lipinski definition) is 1. The third-order valence-electron chi connectivity index (χ3n) is 7.29. The largest absolute Gasteiger partial charge is 0.349 e. The average Bonchev–Trinajstić information content (AvgIpc) is 3.56. The highest BCUT2D eigenvalue weighted by Gasteiger charge is 2.25. The number of Topliss-reactive ketones (excluding diaryl/α,β-unsaturated/α-hetero) is 1. The molecule has 1 N–H and O–H groups in total. The molecule has 1 saturated heterocycles. The van der Waals surface area contributed by atoms with Crippen molar-refractivity contribution in [2.24, 2.45) is 10.9 Å². The lowest BCUT2D eigenvalue weighted by atomic mass is 9.97. The summed E-state index contributed by atoms with van der Waals surface area (Å²) in [6.45, 7) is 5.70. The van der Waals surface area contributed by atoms with Crippen LogP contribution in [-0.4, -0.2) is 52.6 Å². The molecule has 1 atom stereocenters. The predicted molar refractivity (Wildman–Crippen MR) is 139 cm³/mol. The Balaban J connectivity index is 1.28. The van der Waals surface area contributed by atoms with E-state index in [2.05, 4.69) is 10.3 Å². The number of fused-ring (bicyclic) bond motifs is 2. The first-order valence-corrected chi connectivity index (χ1v) is 12.7. The summed E-state index contributed by atoms with van der Waals surface area (Å²) in [6.07, 6.45) is 5.87. The Kier molecular flexibility index (Phi) is 6.74. The summed E-state index contributed by atoms with van der Waals surface area (Å²) in [6, 6.07) is 11.2. The highest BCUT2D eigenvalue weighted by atomic mass is 16.2. The molecule has 1 fully saturated rings. The van der Waals surface area contributed by atoms with Gasteiger partial charge >= 0.3 is 0 Å². The number of para-hydroxylation sites is 1. The third kappa shape index (κ3) is 4.83. The molecule has 2 aliphatic heterocycles. The van der Waals surface area contributed by atoms with Crippen molar-refractivity contribution in [1.82, 2.24) is 14.8 Å². The molecule has 0 spiro atoms. The van der Waals surface area contributed by atoms with Crippen molar-refractivity contribution in [3.8, 4) is 0 Å². The number of carbonyl (C=O) groups is 4. The first-order chi connectivity index (χ1) is 17.8. The van der Waals surface area contributed by atoms with Crippen LogP contribution in [-0.2, 0) is 20.9 Å². The Labute approximate surface area is 214 Å². The van der Waals surface area contributed by atoms with Crippen molar-refractivity contribution in [1.29, 1.82) is 0 Å². The zero-order valence-corrected chi connectivity index (χ0v) is 21.1. The van der Waals surface area contributed by atoms with Gasteiger partial charge in [0.05, 0.1) is 16.8 Å². The van der Waals surface area contributed by atoms with Crippen molar-refractivity contribution >= 4 is 40.5 Å². The van der Waals surface area contributed by atoms with Gasteiger partial charge in [0, 0.05) is 42.0 Å². The number of aromatic nitrogens is 1. The van der Waals surface area contributed by atoms with Crippen LogP contribution in [0.1, 0.15) is 40.7 Å². The predicted octanol–water partition coefficient (Wildman–Crippen LogP) is 1.83. The van der Waals surface area contributed by atoms with E-state index in [4.69, 9.17) is 0 Å². The normalized spacial score (nSPS) is 16.8. The van der Waals surface area contributed by atoms with Gasteiger partial charge in [-0.1, -0.05) is 36.4 Å². The Hall–Kier alpha value is -4.07. The summed E-state index contributed by atoms with van der Waals surface area (Å²) in [7, 11) is 0. The minimum atomic E-state index is -0.735. The lowest BCUT2D eigenvalue weighted by Crippen LogP contribution is -2.39. The van der Waals surface area contributed by atoms with Crippen LogP contribution in [0.5, 0.6) is 0 Å². The Morgan fingerprint density at radius 3 is 2.54 bits per heavy atom. The van der Waals surface area contributed by atoms with Gasteiger partial charge in [0.1, 0.15) is 6.54 Å². The Morgan fingerprint density at radius 1 is 1.03 bits per heavy atom. The van der Waals surface area contributed by atoms with Crippen LogP contribution in [0, 0.1) is 19.8 Å². The number of benzene rings is 2. The van der Waals surface area contributed by atoms with Crippen LogP contribution in [0.3, 0.4) is 0 Å². The number of nitrogens with zero attached hydrogens (tertiary/aromatic N) is 3. The highest BCUT2D eigenvalue weighted by molar-refractivity contribution is 6.45. The molecule has 37 heavy (non-hydrogen) atoms. The highest BCUT2D eigenvalue weighted by Crippen LogP contribution is 2.23. The number of hydrogen-bond acceptors (Lipinski definition) is 4. The topological polar surface area (TPSA) is 101 Å². The maximum absolute atomic E-state index is 13.1. The molecule has 3 aromatic rings. The van der Waals surface area contributed by atoms with Gasteiger partial charge in [0.2, 0.25) is 5.91 Å². The zero-order valence-electron chi connectivity index (χ0n) is 21.1. The molecule has 5 rings (SSSR count). The smallest absolute Gasteiger partial charge is 0.292 e. The second kappa shape index (κ2) is 10.1. The molecule has 1 unspecified atom stereocenters. The maximum Gasteiger partial charge on any atom is 0.292 e. The van der Waals surface area contributed by atoms with E-state index in [-0.39, 0.29) is 30.5 Å². The lowest BCUT2D eigenvalue weighted by molar-refractivity contribution is -0.130. The van der Waals surface area contributed by atoms with Gasteiger partial charge in [-0.05, 0) is 50.3 Å². The number of amides is 3. The van der Waals surface area contributed by atoms with Gasteiger partial charge in [-0.2, -0.15) is 0 Å². The fourth-order valence-corrected chi connectivity index (χ4v) is 5.16. The first-order valence-electron chi connectivity index (χ1n) is 12.7. The number of carbonyl (C=O) groups excluding carboxylic acids is 4. The number of ketones is 1. The number of likely N-dealkylation sites (tertiary alicyclic amines) is 1. The van der Waals surface area contributed by atoms with Gasteiger partial charge in [-0.15, -0.1) is 0 Å². The van der Waals surface area contributed by atoms with Crippen LogP contribution >= 0.6 is 0 Å². The molecule has 8 heteroatoms. The SMILES string of the molecule is Cc1ccc(C)c2c1=CC(CCNC(=O)C(=O)c1cn(CC(=O)N3CCCC3)c3ccccc13)C(=O)N=2. The second-order valence-corrected chi connectivity index (χ2v) is 9.83. The van der Waals surface area contributed by atoms with Crippen LogP contribution < -0.4 is 15.9 Å². The van der Waals surface area contributed by atoms with Crippen LogP contribution in [0.4, 0.5) is 0 Å². The third-order valence-corrected chi connectivity index (χ3v) is 7.29. The number of nitrogens with one attached hydrogen (secondary N) is 1. The molecule has 2 aromatic carbocycles. The van der Waals surface area contributed by atoms with Crippen molar-refractivity contribution in [3.63, 3.8) is 0 Å². The number of rotatable bonds is 7. The van der Waals surface area contributed by atoms with E-state index in [1.54, 1.807) is 22.9 Å². The molecule has 0 bridgehead atoms. The van der Waals surface area contributed by atoms with Crippen LogP contribution in [0.25, 0.3) is 17.0 Å². The van der Waals surface area contributed by atoms with E-state index in [0.717, 1.165) is 47.8 Å². The van der Waals surface area contributed by atoms with E-state index in [1.807, 2.05) is 49.1 Å². The van der Waals surface area contributed by atoms with E-state index >= 15 is 0 Å². The molecule has 3 amide bonds. The van der Waals surface area contributed by atoms with Crippen molar-refractivity contribution < 1.29 is 19.2 Å². The summed E-state index contributed by atoms with van der Waals surface area (Å²) >= 11 is 0. The summed E-state index contributed by atoms with van der Waals surface area (Å²) in [5.74, 6) is -2.09. The van der Waals surface area contributed by atoms with Crippen molar-refractivity contribution in [2.45, 2.75) is 39.7 Å². The molecular formula is C29H30N4O4. The summed E-state index contributed by atoms with van der Waals surface area (Å²) < 4.78 is 1.75. The van der Waals surface area contributed by atoms with Gasteiger partial charge in [0.25, 0.3) is 17.6 Å². The number of aryl methyl sites for hydroxylation is 2. The molecule has 190 valence electrons. The summed E-state index contributed by atoms with van der Waals surface area (Å²) in [5.41, 5.74) is 2.99. The summed E-state index contributed by atoms with van der Waals surface area (Å²) in [5, 5.41) is 4.96. The average molecular weight is 499 g/mol. The van der Waals surface area contributed by atoms with E-state index in [0.29, 0.717) is 17.2 Å². The Morgan fingerprint density at radius 2 is 1.76 bits per heavy atom. The molecule has 0 saturated carbocycles. The van der Waals surface area contributed by atoms with Gasteiger partial charge < -0.3 is 14.8 Å². The molecule has 0 radical (unpaired) electrons. The fourth-order valence-electron chi connectivity index (χ4n) is 5.16. The zero-order chi connectivity index (χ0) is 26.1. The fraction of sp³-hybridized carbons (Fsp3) is 0.345. The van der Waals surface area contributed by atoms with Gasteiger partial charge in [0.15, 0.2) is 0 Å². The standard InChI is InChI=1S/C29H30N4O4/c1-18-9-10-19(2)26-22(18)15-20(28(36)31-26)11-12-30-29(37)27(35)23-16-33(24-8-4-3-7-21(23)24)17-25(34)32-13-5-6-14-32/h3-4,7-10,15-16,20H,5-6,11-14,17H2,1-2H3,(H,30,37). The minimum Gasteiger partial charge on any atom is -0.349 e. The summed E-state index contributed by atoms with van der Waals surface area (Å²) in [4.78, 5) is 57.3. The molecule has 8 nitrogen and oxygen atoms in total. The quantitative estimate of drug-likeness (QED) is 0.397. The molecule has 3 heterocycles. The van der Waals surface area contributed by atoms with Crippen molar-refractivity contribution in [2.75, 3.05) is 19.6 Å². The monoisotopic (exact) mass is 498 g/mol. The van der Waals surface area contributed by atoms with E-state index in [1.165, 1.54) is 0 Å². The van der Waals surface area contributed by atoms with Gasteiger partial charge in [-0.25, -0.2) is 4.99 Å². The maximum atomic E-state index is 13.1. The lowest BCUT2D eigenvalue weighted by Gasteiger charge is -2.16. The minimum absolute atomic E-state index is 0.00696. The van der Waals surface area contributed by atoms with Crippen molar-refractivity contribution in [3.05, 3.63) is 69.9 Å². The first kappa shape index (κ1) is 24.6. The second-order valence-electron chi connectivity index (χ2n) is 9.83. The molecule has 1 aromatic heterocycles. The molecule has 0 aliphatic carbocycles. The Bertz CT molecular complexity index is 1550. The van der Waals surface area contributed by atoms with Crippen LogP contribution in [0.15, 0.2) is 47.6 Å². The van der Waals surface area contributed by atoms with Gasteiger partial charge in [-0.3, -0.25) is 19.2 Å².